The van der Waals surface area contributed by atoms with Crippen LogP contribution < -0.4 is 0 Å². The molecule has 0 bridgehead atoms. The predicted molar refractivity (Wildman–Crippen MR) is 76.4 cm³/mol. The molecule has 0 N–H and O–H groups in total. The van der Waals surface area contributed by atoms with Gasteiger partial charge in [-0.25, -0.2) is 4.79 Å². The van der Waals surface area contributed by atoms with Crippen LogP contribution in [0.1, 0.15) is 54.4 Å². The molecule has 1 fully saturated rings. The van der Waals surface area contributed by atoms with Gasteiger partial charge in [0.2, 0.25) is 0 Å². The third-order valence-electron chi connectivity index (χ3n) is 3.55. The maximum Gasteiger partial charge on any atom is 0.413 e. The van der Waals surface area contributed by atoms with Crippen LogP contribution in [0.2, 0.25) is 0 Å². The summed E-state index contributed by atoms with van der Waals surface area (Å²) in [6, 6.07) is 0. The van der Waals surface area contributed by atoms with Crippen molar-refractivity contribution in [1.82, 2.24) is 4.90 Å². The van der Waals surface area contributed by atoms with Crippen LogP contribution >= 0.6 is 0 Å². The van der Waals surface area contributed by atoms with Gasteiger partial charge in [0.1, 0.15) is 23.7 Å². The molecule has 0 aromatic heterocycles. The first kappa shape index (κ1) is 17.0. The van der Waals surface area contributed by atoms with Gasteiger partial charge in [-0.2, -0.15) is 0 Å². The molecule has 1 aliphatic heterocycles. The van der Waals surface area contributed by atoms with Gasteiger partial charge in [0, 0.05) is 0 Å². The first-order chi connectivity index (χ1) is 9.13. The van der Waals surface area contributed by atoms with Crippen molar-refractivity contribution in [2.75, 3.05) is 6.61 Å². The maximum absolute atomic E-state index is 12.4. The van der Waals surface area contributed by atoms with Crippen LogP contribution in [0.25, 0.3) is 0 Å². The summed E-state index contributed by atoms with van der Waals surface area (Å²) in [7, 11) is 0. The second-order valence-corrected chi connectivity index (χ2v) is 6.84. The highest BCUT2D eigenvalue weighted by Crippen LogP contribution is 2.31. The Labute approximate surface area is 121 Å². The van der Waals surface area contributed by atoms with Crippen LogP contribution in [0.5, 0.6) is 0 Å². The second-order valence-electron chi connectivity index (χ2n) is 6.84. The number of amides is 1. The van der Waals surface area contributed by atoms with E-state index in [0.29, 0.717) is 12.3 Å². The van der Waals surface area contributed by atoms with E-state index in [9.17, 15) is 9.59 Å². The molecule has 5 heteroatoms. The third-order valence-corrected chi connectivity index (χ3v) is 3.55. The van der Waals surface area contributed by atoms with Crippen molar-refractivity contribution >= 4 is 12.4 Å². The van der Waals surface area contributed by atoms with Gasteiger partial charge in [-0.1, -0.05) is 20.3 Å². The molecule has 0 aromatic rings. The lowest BCUT2D eigenvalue weighted by molar-refractivity contribution is -0.116. The van der Waals surface area contributed by atoms with Gasteiger partial charge in [-0.15, -0.1) is 0 Å². The lowest BCUT2D eigenvalue weighted by atomic mass is 10.0. The molecule has 1 unspecified atom stereocenters. The molecule has 1 rings (SSSR count). The van der Waals surface area contributed by atoms with Gasteiger partial charge in [-0.3, -0.25) is 4.90 Å². The van der Waals surface area contributed by atoms with Crippen LogP contribution in [0, 0.1) is 5.92 Å². The second kappa shape index (κ2) is 6.12. The summed E-state index contributed by atoms with van der Waals surface area (Å²) in [5.41, 5.74) is -1.54. The highest BCUT2D eigenvalue weighted by molar-refractivity contribution is 5.77. The van der Waals surface area contributed by atoms with Crippen molar-refractivity contribution < 1.29 is 19.1 Å². The Bertz CT molecular complexity index is 363. The van der Waals surface area contributed by atoms with E-state index < -0.39 is 23.5 Å². The van der Waals surface area contributed by atoms with Crippen molar-refractivity contribution in [2.24, 2.45) is 5.92 Å². The van der Waals surface area contributed by atoms with Crippen LogP contribution in [0.15, 0.2) is 0 Å². The molecule has 0 saturated carbocycles. The van der Waals surface area contributed by atoms with E-state index in [4.69, 9.17) is 9.47 Å². The number of hydrogen-bond acceptors (Lipinski definition) is 4. The molecule has 0 aromatic carbocycles. The molecule has 0 spiro atoms. The highest BCUT2D eigenvalue weighted by Gasteiger charge is 2.48. The molecule has 0 aliphatic carbocycles. The molecule has 1 heterocycles. The van der Waals surface area contributed by atoms with E-state index in [1.807, 2.05) is 20.8 Å². The topological polar surface area (TPSA) is 55.8 Å². The third kappa shape index (κ3) is 3.95. The number of aldehydes is 1. The molecule has 1 saturated heterocycles. The molecular formula is C15H27NO4. The van der Waals surface area contributed by atoms with Gasteiger partial charge in [0.15, 0.2) is 0 Å². The summed E-state index contributed by atoms with van der Waals surface area (Å²) in [5.74, 6) is 0.416. The van der Waals surface area contributed by atoms with Crippen LogP contribution in [-0.4, -0.2) is 41.3 Å². The van der Waals surface area contributed by atoms with Gasteiger partial charge < -0.3 is 14.3 Å². The van der Waals surface area contributed by atoms with E-state index in [1.165, 1.54) is 4.90 Å². The number of hydrogen-bond donors (Lipinski definition) is 0. The molecule has 0 radical (unpaired) electrons. The zero-order valence-electron chi connectivity index (χ0n) is 13.4. The SMILES string of the molecule is CCC(C)C[C@H]1OC[C@@](C)(C=O)N1C(=O)OC(C)(C)C. The maximum atomic E-state index is 12.4. The smallest absolute Gasteiger partial charge is 0.413 e. The van der Waals surface area contributed by atoms with E-state index >= 15 is 0 Å². The molecule has 1 amide bonds. The molecule has 20 heavy (non-hydrogen) atoms. The zero-order chi connectivity index (χ0) is 15.6. The number of ether oxygens (including phenoxy) is 2. The fourth-order valence-corrected chi connectivity index (χ4v) is 2.15. The summed E-state index contributed by atoms with van der Waals surface area (Å²) in [5, 5.41) is 0. The Balaban J connectivity index is 2.92. The Morgan fingerprint density at radius 1 is 1.55 bits per heavy atom. The minimum Gasteiger partial charge on any atom is -0.444 e. The van der Waals surface area contributed by atoms with E-state index in [2.05, 4.69) is 13.8 Å². The highest BCUT2D eigenvalue weighted by atomic mass is 16.6. The van der Waals surface area contributed by atoms with Gasteiger partial charge in [0.05, 0.1) is 6.61 Å². The van der Waals surface area contributed by atoms with Crippen LogP contribution in [0.4, 0.5) is 4.79 Å². The van der Waals surface area contributed by atoms with E-state index in [0.717, 1.165) is 12.7 Å². The first-order valence-electron chi connectivity index (χ1n) is 7.23. The summed E-state index contributed by atoms with van der Waals surface area (Å²) < 4.78 is 11.1. The van der Waals surface area contributed by atoms with Crippen LogP contribution in [0.3, 0.4) is 0 Å². The van der Waals surface area contributed by atoms with Crippen molar-refractivity contribution in [1.29, 1.82) is 0 Å². The fourth-order valence-electron chi connectivity index (χ4n) is 2.15. The molecule has 5 nitrogen and oxygen atoms in total. The number of nitrogens with zero attached hydrogens (tertiary/aromatic N) is 1. The normalized spacial score (nSPS) is 28.3. The minimum absolute atomic E-state index is 0.219. The van der Waals surface area contributed by atoms with Gasteiger partial charge in [-0.05, 0) is 40.0 Å². The predicted octanol–water partition coefficient (Wildman–Crippen LogP) is 2.97. The fraction of sp³-hybridized carbons (Fsp3) is 0.867. The molecular weight excluding hydrogens is 258 g/mol. The summed E-state index contributed by atoms with van der Waals surface area (Å²) in [4.78, 5) is 25.2. The summed E-state index contributed by atoms with van der Waals surface area (Å²) >= 11 is 0. The van der Waals surface area contributed by atoms with Crippen molar-refractivity contribution in [3.05, 3.63) is 0 Å². The monoisotopic (exact) mass is 285 g/mol. The molecule has 116 valence electrons. The quantitative estimate of drug-likeness (QED) is 0.745. The minimum atomic E-state index is -0.944. The average molecular weight is 285 g/mol. The van der Waals surface area contributed by atoms with Crippen molar-refractivity contribution in [3.63, 3.8) is 0 Å². The lowest BCUT2D eigenvalue weighted by Gasteiger charge is -2.34. The van der Waals surface area contributed by atoms with E-state index in [-0.39, 0.29) is 6.61 Å². The molecule has 3 atom stereocenters. The lowest BCUT2D eigenvalue weighted by Crippen LogP contribution is -2.53. The van der Waals surface area contributed by atoms with Crippen LogP contribution in [-0.2, 0) is 14.3 Å². The van der Waals surface area contributed by atoms with Crippen molar-refractivity contribution in [3.8, 4) is 0 Å². The Kier molecular flexibility index (Phi) is 5.19. The Hall–Kier alpha value is -1.10. The summed E-state index contributed by atoms with van der Waals surface area (Å²) in [6.07, 6.45) is 1.60. The largest absolute Gasteiger partial charge is 0.444 e. The number of rotatable bonds is 4. The zero-order valence-corrected chi connectivity index (χ0v) is 13.4. The van der Waals surface area contributed by atoms with Gasteiger partial charge >= 0.3 is 6.09 Å². The Morgan fingerprint density at radius 2 is 2.15 bits per heavy atom. The van der Waals surface area contributed by atoms with Gasteiger partial charge in [0.25, 0.3) is 0 Å². The summed E-state index contributed by atoms with van der Waals surface area (Å²) in [6.45, 7) is 11.6. The number of carbonyl (C=O) groups is 2. The standard InChI is InChI=1S/C15H27NO4/c1-7-11(2)8-12-16(13(18)20-14(3,4)5)15(6,9-17)10-19-12/h9,11-12H,7-8,10H2,1-6H3/t11?,12-,15-/m1/s1. The molecule has 1 aliphatic rings. The van der Waals surface area contributed by atoms with E-state index in [1.54, 1.807) is 6.92 Å². The average Bonchev–Trinajstić information content (AvgIpc) is 2.65. The Morgan fingerprint density at radius 3 is 2.60 bits per heavy atom. The van der Waals surface area contributed by atoms with Crippen molar-refractivity contribution in [2.45, 2.75) is 71.8 Å². The first-order valence-corrected chi connectivity index (χ1v) is 7.23. The number of carbonyl (C=O) groups excluding carboxylic acids is 2.